The molecule has 2 atom stereocenters. The lowest BCUT2D eigenvalue weighted by atomic mass is 9.93. The first-order valence-electron chi connectivity index (χ1n) is 5.21. The van der Waals surface area contributed by atoms with E-state index in [0.29, 0.717) is 6.42 Å². The Morgan fingerprint density at radius 3 is 2.75 bits per heavy atom. The highest BCUT2D eigenvalue weighted by molar-refractivity contribution is 7.88. The second-order valence-electron chi connectivity index (χ2n) is 4.02. The summed E-state index contributed by atoms with van der Waals surface area (Å²) in [4.78, 5) is 11.0. The zero-order valence-corrected chi connectivity index (χ0v) is 10.1. The van der Waals surface area contributed by atoms with Gasteiger partial charge in [-0.3, -0.25) is 0 Å². The van der Waals surface area contributed by atoms with E-state index in [1.807, 2.05) is 0 Å². The number of nitrogens with one attached hydrogen (secondary N) is 1. The third-order valence-electron chi connectivity index (χ3n) is 2.46. The Morgan fingerprint density at radius 2 is 2.19 bits per heavy atom. The molecule has 0 aromatic rings. The predicted molar refractivity (Wildman–Crippen MR) is 60.3 cm³/mol. The van der Waals surface area contributed by atoms with Gasteiger partial charge in [0.25, 0.3) is 0 Å². The molecule has 1 saturated carbocycles. The van der Waals surface area contributed by atoms with Crippen LogP contribution in [0, 0.1) is 0 Å². The van der Waals surface area contributed by atoms with E-state index in [2.05, 4.69) is 11.3 Å². The van der Waals surface area contributed by atoms with Crippen LogP contribution >= 0.6 is 0 Å². The zero-order chi connectivity index (χ0) is 12.2. The van der Waals surface area contributed by atoms with Crippen LogP contribution in [0.25, 0.3) is 0 Å². The van der Waals surface area contributed by atoms with E-state index in [0.717, 1.165) is 31.6 Å². The Hall–Kier alpha value is -0.880. The summed E-state index contributed by atoms with van der Waals surface area (Å²) in [6.07, 6.45) is 4.99. The zero-order valence-electron chi connectivity index (χ0n) is 9.31. The Morgan fingerprint density at radius 1 is 1.50 bits per heavy atom. The first kappa shape index (κ1) is 13.2. The molecule has 0 saturated heterocycles. The summed E-state index contributed by atoms with van der Waals surface area (Å²) >= 11 is 0. The van der Waals surface area contributed by atoms with Crippen LogP contribution in [0.15, 0.2) is 12.7 Å². The Balaban J connectivity index is 2.47. The fraction of sp³-hybridized carbons (Fsp3) is 0.700. The second kappa shape index (κ2) is 5.45. The van der Waals surface area contributed by atoms with E-state index < -0.39 is 16.0 Å². The van der Waals surface area contributed by atoms with Crippen molar-refractivity contribution in [2.45, 2.75) is 37.8 Å². The van der Waals surface area contributed by atoms with Crippen molar-refractivity contribution in [3.8, 4) is 0 Å². The van der Waals surface area contributed by atoms with E-state index in [4.69, 9.17) is 4.74 Å². The number of hydrogen-bond donors (Lipinski definition) is 1. The molecule has 1 aliphatic carbocycles. The maximum atomic E-state index is 11.0. The van der Waals surface area contributed by atoms with Crippen molar-refractivity contribution in [3.05, 3.63) is 12.7 Å². The summed E-state index contributed by atoms with van der Waals surface area (Å²) in [7, 11) is -3.19. The summed E-state index contributed by atoms with van der Waals surface area (Å²) in [5.41, 5.74) is 0. The average molecular weight is 247 g/mol. The maximum absolute atomic E-state index is 11.0. The molecule has 1 fully saturated rings. The van der Waals surface area contributed by atoms with Gasteiger partial charge in [-0.05, 0) is 19.3 Å². The van der Waals surface area contributed by atoms with Gasteiger partial charge in [-0.2, -0.15) is 0 Å². The SMILES string of the molecule is C=CC(=O)OC1CCCC(NS(C)(=O)=O)C1. The third kappa shape index (κ3) is 4.76. The van der Waals surface area contributed by atoms with E-state index in [1.165, 1.54) is 0 Å². The quantitative estimate of drug-likeness (QED) is 0.582. The van der Waals surface area contributed by atoms with Gasteiger partial charge in [0, 0.05) is 18.5 Å². The Labute approximate surface area is 95.9 Å². The molecule has 6 heteroatoms. The molecule has 0 bridgehead atoms. The highest BCUT2D eigenvalue weighted by Crippen LogP contribution is 2.21. The van der Waals surface area contributed by atoms with Crippen molar-refractivity contribution in [3.63, 3.8) is 0 Å². The van der Waals surface area contributed by atoms with E-state index in [9.17, 15) is 13.2 Å². The predicted octanol–water partition coefficient (Wildman–Crippen LogP) is 0.576. The maximum Gasteiger partial charge on any atom is 0.330 e. The van der Waals surface area contributed by atoms with Crippen molar-refractivity contribution >= 4 is 16.0 Å². The first-order chi connectivity index (χ1) is 7.40. The Bertz CT molecular complexity index is 363. The van der Waals surface area contributed by atoms with Crippen LogP contribution < -0.4 is 4.72 Å². The van der Waals surface area contributed by atoms with Crippen LogP contribution in [0.5, 0.6) is 0 Å². The molecule has 0 aromatic carbocycles. The van der Waals surface area contributed by atoms with Gasteiger partial charge in [-0.1, -0.05) is 6.58 Å². The molecule has 1 N–H and O–H groups in total. The van der Waals surface area contributed by atoms with Crippen LogP contribution in [0.3, 0.4) is 0 Å². The topological polar surface area (TPSA) is 72.5 Å². The average Bonchev–Trinajstić information content (AvgIpc) is 2.15. The Kier molecular flexibility index (Phi) is 4.49. The number of ether oxygens (including phenoxy) is 1. The van der Waals surface area contributed by atoms with Gasteiger partial charge in [0.2, 0.25) is 10.0 Å². The van der Waals surface area contributed by atoms with Crippen LogP contribution in [-0.4, -0.2) is 32.8 Å². The van der Waals surface area contributed by atoms with Gasteiger partial charge in [0.05, 0.1) is 6.26 Å². The van der Waals surface area contributed by atoms with Gasteiger partial charge in [-0.25, -0.2) is 17.9 Å². The van der Waals surface area contributed by atoms with Crippen molar-refractivity contribution < 1.29 is 17.9 Å². The monoisotopic (exact) mass is 247 g/mol. The van der Waals surface area contributed by atoms with Crippen molar-refractivity contribution in [2.75, 3.05) is 6.26 Å². The lowest BCUT2D eigenvalue weighted by Crippen LogP contribution is -2.40. The standard InChI is InChI=1S/C10H17NO4S/c1-3-10(12)15-9-6-4-5-8(7-9)11-16(2,13)14/h3,8-9,11H,1,4-7H2,2H3. The van der Waals surface area contributed by atoms with Crippen molar-refractivity contribution in [1.29, 1.82) is 0 Å². The van der Waals surface area contributed by atoms with Crippen LogP contribution in [-0.2, 0) is 19.6 Å². The minimum absolute atomic E-state index is 0.133. The summed E-state index contributed by atoms with van der Waals surface area (Å²) < 4.78 is 29.7. The molecule has 0 aliphatic heterocycles. The molecule has 1 aliphatic rings. The fourth-order valence-electron chi connectivity index (χ4n) is 1.87. The molecule has 0 heterocycles. The number of esters is 1. The lowest BCUT2D eigenvalue weighted by molar-refractivity contribution is -0.144. The molecule has 5 nitrogen and oxygen atoms in total. The molecular weight excluding hydrogens is 230 g/mol. The molecular formula is C10H17NO4S. The normalized spacial score (nSPS) is 26.1. The molecule has 0 radical (unpaired) electrons. The number of carbonyl (C=O) groups is 1. The van der Waals surface area contributed by atoms with Crippen LogP contribution in [0.4, 0.5) is 0 Å². The number of rotatable bonds is 4. The lowest BCUT2D eigenvalue weighted by Gasteiger charge is -2.28. The van der Waals surface area contributed by atoms with E-state index in [-0.39, 0.29) is 12.1 Å². The molecule has 0 amide bonds. The molecule has 0 aromatic heterocycles. The van der Waals surface area contributed by atoms with E-state index >= 15 is 0 Å². The summed E-state index contributed by atoms with van der Waals surface area (Å²) in [5.74, 6) is -0.454. The molecule has 2 unspecified atom stereocenters. The minimum atomic E-state index is -3.19. The summed E-state index contributed by atoms with van der Waals surface area (Å²) in [6, 6.07) is -0.133. The van der Waals surface area contributed by atoms with Crippen molar-refractivity contribution in [2.24, 2.45) is 0 Å². The summed E-state index contributed by atoms with van der Waals surface area (Å²) in [6.45, 7) is 3.32. The highest BCUT2D eigenvalue weighted by atomic mass is 32.2. The number of hydrogen-bond acceptors (Lipinski definition) is 4. The van der Waals surface area contributed by atoms with Crippen LogP contribution in [0.1, 0.15) is 25.7 Å². The van der Waals surface area contributed by atoms with Gasteiger partial charge in [0.1, 0.15) is 6.10 Å². The number of carbonyl (C=O) groups excluding carboxylic acids is 1. The highest BCUT2D eigenvalue weighted by Gasteiger charge is 2.25. The van der Waals surface area contributed by atoms with Gasteiger partial charge in [-0.15, -0.1) is 0 Å². The van der Waals surface area contributed by atoms with Gasteiger partial charge >= 0.3 is 5.97 Å². The molecule has 0 spiro atoms. The second-order valence-corrected chi connectivity index (χ2v) is 5.80. The minimum Gasteiger partial charge on any atom is -0.459 e. The van der Waals surface area contributed by atoms with E-state index in [1.54, 1.807) is 0 Å². The summed E-state index contributed by atoms with van der Waals surface area (Å²) in [5, 5.41) is 0. The molecule has 16 heavy (non-hydrogen) atoms. The molecule has 1 rings (SSSR count). The third-order valence-corrected chi connectivity index (χ3v) is 3.22. The fourth-order valence-corrected chi connectivity index (χ4v) is 2.69. The van der Waals surface area contributed by atoms with Crippen LogP contribution in [0.2, 0.25) is 0 Å². The largest absolute Gasteiger partial charge is 0.459 e. The first-order valence-corrected chi connectivity index (χ1v) is 7.10. The van der Waals surface area contributed by atoms with Gasteiger partial charge in [0.15, 0.2) is 0 Å². The van der Waals surface area contributed by atoms with Gasteiger partial charge < -0.3 is 4.74 Å². The number of sulfonamides is 1. The smallest absolute Gasteiger partial charge is 0.330 e. The van der Waals surface area contributed by atoms with Crippen molar-refractivity contribution in [1.82, 2.24) is 4.72 Å². The molecule has 92 valence electrons.